The summed E-state index contributed by atoms with van der Waals surface area (Å²) in [6.45, 7) is 7.55. The first-order chi connectivity index (χ1) is 10.6. The highest BCUT2D eigenvalue weighted by atomic mass is 16.5. The molecule has 1 atom stereocenters. The number of rotatable bonds is 6. The van der Waals surface area contributed by atoms with Crippen molar-refractivity contribution in [3.05, 3.63) is 24.3 Å². The normalized spacial score (nSPS) is 17.6. The molecule has 1 aliphatic heterocycles. The van der Waals surface area contributed by atoms with E-state index >= 15 is 0 Å². The molecule has 1 aromatic rings. The third-order valence-electron chi connectivity index (χ3n) is 3.93. The van der Waals surface area contributed by atoms with Crippen molar-refractivity contribution in [1.82, 2.24) is 10.6 Å². The molecular formula is C17H27N3O2. The molecule has 122 valence electrons. The number of nitrogens with zero attached hydrogens (tertiary/aromatic N) is 1. The van der Waals surface area contributed by atoms with Crippen LogP contribution in [0.1, 0.15) is 20.3 Å². The number of anilines is 1. The molecule has 0 spiro atoms. The number of ether oxygens (including phenoxy) is 1. The lowest BCUT2D eigenvalue weighted by atomic mass is 10.1. The van der Waals surface area contributed by atoms with Gasteiger partial charge in [0.1, 0.15) is 5.75 Å². The SMILES string of the molecule is COc1ccccc1N1CCC(CNC(=O)NCC(C)C)C1. The second kappa shape index (κ2) is 7.92. The van der Waals surface area contributed by atoms with Crippen LogP contribution in [0.3, 0.4) is 0 Å². The third-order valence-corrected chi connectivity index (χ3v) is 3.93. The van der Waals surface area contributed by atoms with Gasteiger partial charge in [-0.05, 0) is 30.4 Å². The van der Waals surface area contributed by atoms with Crippen molar-refractivity contribution in [2.45, 2.75) is 20.3 Å². The van der Waals surface area contributed by atoms with Gasteiger partial charge in [0.05, 0.1) is 12.8 Å². The van der Waals surface area contributed by atoms with Gasteiger partial charge in [0.25, 0.3) is 0 Å². The molecule has 1 heterocycles. The van der Waals surface area contributed by atoms with Gasteiger partial charge < -0.3 is 20.3 Å². The van der Waals surface area contributed by atoms with Crippen molar-refractivity contribution in [2.75, 3.05) is 38.2 Å². The Morgan fingerprint density at radius 3 is 2.86 bits per heavy atom. The number of methoxy groups -OCH3 is 1. The van der Waals surface area contributed by atoms with E-state index in [-0.39, 0.29) is 6.03 Å². The number of benzene rings is 1. The van der Waals surface area contributed by atoms with Crippen LogP contribution in [-0.2, 0) is 0 Å². The van der Waals surface area contributed by atoms with Gasteiger partial charge in [0.15, 0.2) is 0 Å². The van der Waals surface area contributed by atoms with Crippen LogP contribution in [-0.4, -0.2) is 39.3 Å². The maximum atomic E-state index is 11.7. The summed E-state index contributed by atoms with van der Waals surface area (Å²) in [7, 11) is 1.70. The molecule has 2 N–H and O–H groups in total. The second-order valence-corrected chi connectivity index (χ2v) is 6.26. The number of amides is 2. The van der Waals surface area contributed by atoms with Crippen LogP contribution in [0.2, 0.25) is 0 Å². The number of carbonyl (C=O) groups is 1. The van der Waals surface area contributed by atoms with Gasteiger partial charge >= 0.3 is 6.03 Å². The highest BCUT2D eigenvalue weighted by Gasteiger charge is 2.24. The van der Waals surface area contributed by atoms with Crippen LogP contribution in [0.5, 0.6) is 5.75 Å². The van der Waals surface area contributed by atoms with Gasteiger partial charge in [0, 0.05) is 26.2 Å². The Morgan fingerprint density at radius 2 is 2.14 bits per heavy atom. The van der Waals surface area contributed by atoms with Gasteiger partial charge in [-0.15, -0.1) is 0 Å². The van der Waals surface area contributed by atoms with E-state index in [1.165, 1.54) is 0 Å². The van der Waals surface area contributed by atoms with Crippen LogP contribution in [0.15, 0.2) is 24.3 Å². The minimum Gasteiger partial charge on any atom is -0.495 e. The lowest BCUT2D eigenvalue weighted by molar-refractivity contribution is 0.238. The summed E-state index contributed by atoms with van der Waals surface area (Å²) in [6.07, 6.45) is 1.09. The van der Waals surface area contributed by atoms with E-state index in [1.54, 1.807) is 7.11 Å². The molecule has 2 amide bonds. The van der Waals surface area contributed by atoms with E-state index < -0.39 is 0 Å². The zero-order valence-electron chi connectivity index (χ0n) is 13.8. The zero-order chi connectivity index (χ0) is 15.9. The molecule has 5 nitrogen and oxygen atoms in total. The first-order valence-corrected chi connectivity index (χ1v) is 7.99. The molecule has 5 heteroatoms. The number of nitrogens with one attached hydrogen (secondary N) is 2. The van der Waals surface area contributed by atoms with E-state index in [9.17, 15) is 4.79 Å². The third kappa shape index (κ3) is 4.55. The molecule has 0 aliphatic carbocycles. The van der Waals surface area contributed by atoms with E-state index in [4.69, 9.17) is 4.74 Å². The Bertz CT molecular complexity index is 491. The van der Waals surface area contributed by atoms with Gasteiger partial charge in [0.2, 0.25) is 0 Å². The largest absolute Gasteiger partial charge is 0.495 e. The monoisotopic (exact) mass is 305 g/mol. The smallest absolute Gasteiger partial charge is 0.314 e. The molecule has 0 aromatic heterocycles. The Balaban J connectivity index is 1.79. The average molecular weight is 305 g/mol. The summed E-state index contributed by atoms with van der Waals surface area (Å²) in [6, 6.07) is 8.02. The fraction of sp³-hybridized carbons (Fsp3) is 0.588. The summed E-state index contributed by atoms with van der Waals surface area (Å²) < 4.78 is 5.42. The number of hydrogen-bond acceptors (Lipinski definition) is 3. The zero-order valence-corrected chi connectivity index (χ0v) is 13.8. The van der Waals surface area contributed by atoms with Crippen molar-refractivity contribution < 1.29 is 9.53 Å². The van der Waals surface area contributed by atoms with Crippen LogP contribution in [0.25, 0.3) is 0 Å². The number of hydrogen-bond donors (Lipinski definition) is 2. The van der Waals surface area contributed by atoms with Gasteiger partial charge in [-0.2, -0.15) is 0 Å². The van der Waals surface area contributed by atoms with Crippen molar-refractivity contribution >= 4 is 11.7 Å². The molecule has 1 unspecified atom stereocenters. The molecule has 1 saturated heterocycles. The first kappa shape index (κ1) is 16.5. The van der Waals surface area contributed by atoms with Gasteiger partial charge in [-0.3, -0.25) is 0 Å². The number of urea groups is 1. The number of carbonyl (C=O) groups excluding carboxylic acids is 1. The highest BCUT2D eigenvalue weighted by molar-refractivity contribution is 5.73. The maximum Gasteiger partial charge on any atom is 0.314 e. The highest BCUT2D eigenvalue weighted by Crippen LogP contribution is 2.31. The summed E-state index contributed by atoms with van der Waals surface area (Å²) in [5.74, 6) is 1.86. The summed E-state index contributed by atoms with van der Waals surface area (Å²) in [5, 5.41) is 5.86. The van der Waals surface area contributed by atoms with Crippen LogP contribution < -0.4 is 20.3 Å². The van der Waals surface area contributed by atoms with Crippen molar-refractivity contribution in [1.29, 1.82) is 0 Å². The van der Waals surface area contributed by atoms with Crippen LogP contribution >= 0.6 is 0 Å². The van der Waals surface area contributed by atoms with E-state index in [1.807, 2.05) is 18.2 Å². The van der Waals surface area contributed by atoms with Crippen LogP contribution in [0.4, 0.5) is 10.5 Å². The predicted octanol–water partition coefficient (Wildman–Crippen LogP) is 2.48. The minimum atomic E-state index is -0.0653. The first-order valence-electron chi connectivity index (χ1n) is 7.99. The van der Waals surface area contributed by atoms with Gasteiger partial charge in [-0.1, -0.05) is 26.0 Å². The van der Waals surface area contributed by atoms with Crippen molar-refractivity contribution in [3.63, 3.8) is 0 Å². The fourth-order valence-electron chi connectivity index (χ4n) is 2.71. The molecule has 1 fully saturated rings. The van der Waals surface area contributed by atoms with E-state index in [2.05, 4.69) is 35.4 Å². The predicted molar refractivity (Wildman–Crippen MR) is 89.6 cm³/mol. The van der Waals surface area contributed by atoms with Gasteiger partial charge in [-0.25, -0.2) is 4.79 Å². The molecule has 22 heavy (non-hydrogen) atoms. The molecule has 1 aromatic carbocycles. The fourth-order valence-corrected chi connectivity index (χ4v) is 2.71. The quantitative estimate of drug-likeness (QED) is 0.849. The lowest BCUT2D eigenvalue weighted by Crippen LogP contribution is -2.40. The Morgan fingerprint density at radius 1 is 1.36 bits per heavy atom. The standard InChI is InChI=1S/C17H27N3O2/c1-13(2)10-18-17(21)19-11-14-8-9-20(12-14)15-6-4-5-7-16(15)22-3/h4-7,13-14H,8-12H2,1-3H3,(H2,18,19,21). The summed E-state index contributed by atoms with van der Waals surface area (Å²) >= 11 is 0. The molecule has 0 bridgehead atoms. The summed E-state index contributed by atoms with van der Waals surface area (Å²) in [4.78, 5) is 14.0. The second-order valence-electron chi connectivity index (χ2n) is 6.26. The maximum absolute atomic E-state index is 11.7. The molecular weight excluding hydrogens is 278 g/mol. The number of para-hydroxylation sites is 2. The molecule has 0 saturated carbocycles. The topological polar surface area (TPSA) is 53.6 Å². The molecule has 1 aliphatic rings. The minimum absolute atomic E-state index is 0.0653. The molecule has 2 rings (SSSR count). The lowest BCUT2D eigenvalue weighted by Gasteiger charge is -2.21. The van der Waals surface area contributed by atoms with E-state index in [0.29, 0.717) is 18.4 Å². The van der Waals surface area contributed by atoms with Crippen molar-refractivity contribution in [2.24, 2.45) is 11.8 Å². The Hall–Kier alpha value is -1.91. The van der Waals surface area contributed by atoms with E-state index in [0.717, 1.165) is 37.5 Å². The average Bonchev–Trinajstić information content (AvgIpc) is 2.99. The van der Waals surface area contributed by atoms with Crippen molar-refractivity contribution in [3.8, 4) is 5.75 Å². The van der Waals surface area contributed by atoms with Crippen LogP contribution in [0, 0.1) is 11.8 Å². The molecule has 0 radical (unpaired) electrons. The summed E-state index contributed by atoms with van der Waals surface area (Å²) in [5.41, 5.74) is 1.14. The Kier molecular flexibility index (Phi) is 5.92. The Labute approximate surface area is 133 Å².